The normalized spacial score (nSPS) is 12.2. The van der Waals surface area contributed by atoms with Crippen LogP contribution in [0.25, 0.3) is 38.6 Å². The molecular formula is C28H27FN5O2P. The molecule has 5 aromatic rings. The van der Waals surface area contributed by atoms with Crippen molar-refractivity contribution in [3.8, 4) is 28.8 Å². The molecule has 3 heterocycles. The van der Waals surface area contributed by atoms with Crippen LogP contribution in [0.3, 0.4) is 0 Å². The van der Waals surface area contributed by atoms with Crippen LogP contribution >= 0.6 is 7.14 Å². The molecule has 0 amide bonds. The summed E-state index contributed by atoms with van der Waals surface area (Å²) >= 11 is 0. The first-order chi connectivity index (χ1) is 17.5. The number of fused-ring (bicyclic) bond motifs is 2. The number of nitrogens with one attached hydrogen (secondary N) is 1. The number of halogens is 1. The van der Waals surface area contributed by atoms with Gasteiger partial charge in [0.1, 0.15) is 18.4 Å². The number of rotatable bonds is 6. The van der Waals surface area contributed by atoms with Crippen LogP contribution < -0.4 is 10.2 Å². The van der Waals surface area contributed by atoms with Gasteiger partial charge in [-0.25, -0.2) is 9.37 Å². The molecule has 0 fully saturated rings. The van der Waals surface area contributed by atoms with Crippen LogP contribution in [-0.2, 0) is 9.98 Å². The lowest BCUT2D eigenvalue weighted by Crippen LogP contribution is -2.22. The number of pyridine rings is 1. The average molecular weight is 516 g/mol. The van der Waals surface area contributed by atoms with E-state index in [0.717, 1.165) is 38.8 Å². The Morgan fingerprint density at radius 2 is 1.89 bits per heavy atom. The number of aromatic nitrogens is 4. The minimum absolute atomic E-state index is 0.240. The topological polar surface area (TPSA) is 96.6 Å². The molecule has 5 rings (SSSR count). The lowest BCUT2D eigenvalue weighted by molar-refractivity contribution is 0.400. The van der Waals surface area contributed by atoms with Gasteiger partial charge in [0.05, 0.1) is 30.4 Å². The summed E-state index contributed by atoms with van der Waals surface area (Å²) in [5, 5.41) is 18.8. The Morgan fingerprint density at radius 3 is 2.54 bits per heavy atom. The molecule has 0 unspecified atom stereocenters. The molecule has 0 spiro atoms. The van der Waals surface area contributed by atoms with Crippen LogP contribution in [0.4, 0.5) is 4.39 Å². The highest BCUT2D eigenvalue weighted by molar-refractivity contribution is 7.69. The molecule has 2 aromatic carbocycles. The van der Waals surface area contributed by atoms with Gasteiger partial charge >= 0.3 is 0 Å². The summed E-state index contributed by atoms with van der Waals surface area (Å²) in [4.78, 5) is 4.63. The predicted octanol–water partition coefficient (Wildman–Crippen LogP) is 6.16. The van der Waals surface area contributed by atoms with Gasteiger partial charge in [-0.1, -0.05) is 13.8 Å². The molecule has 7 nitrogen and oxygen atoms in total. The summed E-state index contributed by atoms with van der Waals surface area (Å²) in [7, 11) is -1.09. The highest BCUT2D eigenvalue weighted by atomic mass is 31.2. The van der Waals surface area contributed by atoms with Crippen LogP contribution in [0, 0.1) is 17.1 Å². The molecule has 0 bridgehead atoms. The molecule has 9 heteroatoms. The minimum Gasteiger partial charge on any atom is -0.481 e. The lowest BCUT2D eigenvalue weighted by Gasteiger charge is -2.27. The molecule has 3 aromatic heterocycles. The summed E-state index contributed by atoms with van der Waals surface area (Å²) in [6.45, 7) is 7.38. The second kappa shape index (κ2) is 8.86. The smallest absolute Gasteiger partial charge is 0.221 e. The van der Waals surface area contributed by atoms with E-state index in [2.05, 4.69) is 25.8 Å². The Labute approximate surface area is 214 Å². The van der Waals surface area contributed by atoms with Crippen LogP contribution in [-0.4, -0.2) is 40.2 Å². The van der Waals surface area contributed by atoms with Crippen molar-refractivity contribution in [1.82, 2.24) is 19.7 Å². The van der Waals surface area contributed by atoms with Crippen molar-refractivity contribution in [2.75, 3.05) is 20.4 Å². The second-order valence-corrected chi connectivity index (χ2v) is 13.3. The zero-order valence-corrected chi connectivity index (χ0v) is 22.2. The second-order valence-electron chi connectivity index (χ2n) is 10.2. The van der Waals surface area contributed by atoms with Crippen LogP contribution in [0.1, 0.15) is 26.0 Å². The van der Waals surface area contributed by atoms with Crippen molar-refractivity contribution < 1.29 is 13.7 Å². The first-order valence-electron chi connectivity index (χ1n) is 11.8. The van der Waals surface area contributed by atoms with Gasteiger partial charge in [-0.2, -0.15) is 10.4 Å². The SMILES string of the molecule is COc1nc(P(C)(C)=O)ccc1-c1c(C(C)(C)CC#N)n(-c2ccc(F)cc2)c2cc3cn[nH]c3cc12. The Kier molecular flexibility index (Phi) is 5.92. The number of aromatic amines is 1. The summed E-state index contributed by atoms with van der Waals surface area (Å²) in [5.74, 6) is 0.0128. The fraction of sp³-hybridized carbons (Fsp3) is 0.250. The first-order valence-corrected chi connectivity index (χ1v) is 14.4. The fourth-order valence-electron chi connectivity index (χ4n) is 4.85. The van der Waals surface area contributed by atoms with Crippen molar-refractivity contribution >= 4 is 34.4 Å². The summed E-state index contributed by atoms with van der Waals surface area (Å²) < 4.78 is 34.5. The third-order valence-electron chi connectivity index (χ3n) is 6.63. The number of H-pyrrole nitrogens is 1. The summed E-state index contributed by atoms with van der Waals surface area (Å²) in [6.07, 6.45) is 2.00. The molecule has 0 atom stereocenters. The van der Waals surface area contributed by atoms with Gasteiger partial charge in [0.15, 0.2) is 0 Å². The average Bonchev–Trinajstić information content (AvgIpc) is 3.44. The monoisotopic (exact) mass is 515 g/mol. The molecular weight excluding hydrogens is 488 g/mol. The number of hydrogen-bond donors (Lipinski definition) is 1. The Balaban J connectivity index is 1.98. The number of benzene rings is 2. The highest BCUT2D eigenvalue weighted by Crippen LogP contribution is 2.47. The van der Waals surface area contributed by atoms with E-state index in [-0.39, 0.29) is 12.2 Å². The van der Waals surface area contributed by atoms with E-state index in [4.69, 9.17) is 4.74 Å². The number of ether oxygens (including phenoxy) is 1. The first kappa shape index (κ1) is 24.7. The fourth-order valence-corrected chi connectivity index (χ4v) is 5.62. The number of nitriles is 1. The molecule has 188 valence electrons. The zero-order valence-electron chi connectivity index (χ0n) is 21.3. The molecule has 37 heavy (non-hydrogen) atoms. The summed E-state index contributed by atoms with van der Waals surface area (Å²) in [6, 6.07) is 16.4. The van der Waals surface area contributed by atoms with Crippen LogP contribution in [0.2, 0.25) is 0 Å². The van der Waals surface area contributed by atoms with Gasteiger partial charge in [0.25, 0.3) is 0 Å². The van der Waals surface area contributed by atoms with Crippen LogP contribution in [0.15, 0.2) is 54.7 Å². The minimum atomic E-state index is -2.63. The van der Waals surface area contributed by atoms with Gasteiger partial charge < -0.3 is 13.9 Å². The van der Waals surface area contributed by atoms with Gasteiger partial charge in [-0.15, -0.1) is 0 Å². The van der Waals surface area contributed by atoms with Gasteiger partial charge in [-0.05, 0) is 61.9 Å². The Bertz CT molecular complexity index is 1740. The van der Waals surface area contributed by atoms with Gasteiger partial charge in [0.2, 0.25) is 5.88 Å². The highest BCUT2D eigenvalue weighted by Gasteiger charge is 2.33. The largest absolute Gasteiger partial charge is 0.481 e. The van der Waals surface area contributed by atoms with E-state index in [1.807, 2.05) is 32.0 Å². The summed E-state index contributed by atoms with van der Waals surface area (Å²) in [5.41, 5.74) is 4.77. The Morgan fingerprint density at radius 1 is 1.16 bits per heavy atom. The number of nitrogens with zero attached hydrogens (tertiary/aromatic N) is 4. The van der Waals surface area contributed by atoms with E-state index in [0.29, 0.717) is 16.9 Å². The lowest BCUT2D eigenvalue weighted by atomic mass is 9.82. The van der Waals surface area contributed by atoms with E-state index in [9.17, 15) is 14.2 Å². The van der Waals surface area contributed by atoms with Crippen molar-refractivity contribution in [2.24, 2.45) is 0 Å². The van der Waals surface area contributed by atoms with E-state index >= 15 is 0 Å². The van der Waals surface area contributed by atoms with E-state index in [1.165, 1.54) is 19.2 Å². The molecule has 0 saturated heterocycles. The molecule has 0 aliphatic heterocycles. The maximum absolute atomic E-state index is 13.9. The molecule has 0 saturated carbocycles. The quantitative estimate of drug-likeness (QED) is 0.273. The van der Waals surface area contributed by atoms with Crippen LogP contribution in [0.5, 0.6) is 5.88 Å². The van der Waals surface area contributed by atoms with Gasteiger partial charge in [-0.3, -0.25) is 5.10 Å². The molecule has 1 N–H and O–H groups in total. The predicted molar refractivity (Wildman–Crippen MR) is 145 cm³/mol. The molecule has 0 aliphatic rings. The van der Waals surface area contributed by atoms with E-state index < -0.39 is 12.6 Å². The maximum atomic E-state index is 13.9. The van der Waals surface area contributed by atoms with Crippen molar-refractivity contribution in [1.29, 1.82) is 5.26 Å². The third kappa shape index (κ3) is 4.20. The number of methoxy groups -OCH3 is 1. The molecule has 0 radical (unpaired) electrons. The number of hydrogen-bond acceptors (Lipinski definition) is 5. The van der Waals surface area contributed by atoms with E-state index in [1.54, 1.807) is 37.7 Å². The maximum Gasteiger partial charge on any atom is 0.221 e. The Hall–Kier alpha value is -3.95. The zero-order chi connectivity index (χ0) is 26.5. The van der Waals surface area contributed by atoms with Crippen molar-refractivity contribution in [3.05, 3.63) is 66.2 Å². The van der Waals surface area contributed by atoms with Crippen molar-refractivity contribution in [2.45, 2.75) is 25.7 Å². The third-order valence-corrected chi connectivity index (χ3v) is 7.99. The molecule has 0 aliphatic carbocycles. The van der Waals surface area contributed by atoms with Crippen molar-refractivity contribution in [3.63, 3.8) is 0 Å². The standard InChI is InChI=1S/C28H27FN5O2P/c1-28(2,12-13-30)26-25(20-10-11-24(37(4,5)35)32-27(20)36-3)21-15-22-17(16-31-33-22)14-23(21)34(26)19-8-6-18(29)7-9-19/h6-11,14-16H,12H2,1-5H3,(H,31,33). The van der Waals surface area contributed by atoms with Gasteiger partial charge in [0, 0.05) is 45.1 Å².